The van der Waals surface area contributed by atoms with Crippen molar-refractivity contribution in [1.82, 2.24) is 30.2 Å². The molecule has 0 unspecified atom stereocenters. The Labute approximate surface area is 306 Å². The van der Waals surface area contributed by atoms with Crippen molar-refractivity contribution in [3.05, 3.63) is 131 Å². The smallest absolute Gasteiger partial charge is 0.319 e. The van der Waals surface area contributed by atoms with Crippen LogP contribution in [0.25, 0.3) is 16.8 Å². The molecular weight excluding hydrogens is 673 g/mol. The number of anilines is 3. The molecule has 13 heteroatoms. The highest BCUT2D eigenvalue weighted by molar-refractivity contribution is 6.01. The van der Waals surface area contributed by atoms with E-state index in [-0.39, 0.29) is 36.5 Å². The lowest BCUT2D eigenvalue weighted by molar-refractivity contribution is 0.0932. The molecule has 0 fully saturated rings. The van der Waals surface area contributed by atoms with Crippen LogP contribution in [0.3, 0.4) is 0 Å². The predicted molar refractivity (Wildman–Crippen MR) is 202 cm³/mol. The van der Waals surface area contributed by atoms with Crippen molar-refractivity contribution in [2.24, 2.45) is 0 Å². The standard InChI is InChI=1S/C40H40FN9O3/c1-3-18-42-40(52)47-32-16-14-29(15-17-32)34-35-43-21-30-19-31(41)22-45-38(30)53-26(2)20-44-37(51)33-23-46-50(36(33)48-35)39(34)49(24-27-10-6-4-7-11-27)25-28-12-8-5-9-13-28/h4-17,19,22-23,26H,3,18,20-21,24-25H2,1-2H3,(H,43,48)(H,44,51)(H2,42,47,52)/t26-/m0/s1. The second kappa shape index (κ2) is 15.8. The number of nitrogens with one attached hydrogen (secondary N) is 4. The van der Waals surface area contributed by atoms with Crippen molar-refractivity contribution in [1.29, 1.82) is 0 Å². The van der Waals surface area contributed by atoms with Crippen molar-refractivity contribution < 1.29 is 18.7 Å². The van der Waals surface area contributed by atoms with E-state index >= 15 is 0 Å². The van der Waals surface area contributed by atoms with Crippen LogP contribution in [0.5, 0.6) is 5.88 Å². The first-order chi connectivity index (χ1) is 25.9. The molecule has 0 saturated carbocycles. The summed E-state index contributed by atoms with van der Waals surface area (Å²) < 4.78 is 22.4. The van der Waals surface area contributed by atoms with Crippen LogP contribution in [0.1, 0.15) is 47.3 Å². The van der Waals surface area contributed by atoms with Crippen LogP contribution in [0, 0.1) is 5.82 Å². The van der Waals surface area contributed by atoms with Gasteiger partial charge in [-0.2, -0.15) is 9.61 Å². The lowest BCUT2D eigenvalue weighted by Gasteiger charge is -2.29. The summed E-state index contributed by atoms with van der Waals surface area (Å²) >= 11 is 0. The Morgan fingerprint density at radius 2 is 1.68 bits per heavy atom. The fourth-order valence-corrected chi connectivity index (χ4v) is 6.22. The molecule has 4 N–H and O–H groups in total. The average Bonchev–Trinajstić information content (AvgIpc) is 3.60. The summed E-state index contributed by atoms with van der Waals surface area (Å²) in [5.41, 5.74) is 5.27. The van der Waals surface area contributed by atoms with Crippen LogP contribution in [0.15, 0.2) is 103 Å². The minimum absolute atomic E-state index is 0.113. The summed E-state index contributed by atoms with van der Waals surface area (Å²) in [6.45, 7) is 5.62. The highest BCUT2D eigenvalue weighted by Crippen LogP contribution is 2.40. The van der Waals surface area contributed by atoms with E-state index in [0.717, 1.165) is 29.3 Å². The zero-order valence-corrected chi connectivity index (χ0v) is 29.5. The van der Waals surface area contributed by atoms with Gasteiger partial charge in [0.15, 0.2) is 5.65 Å². The van der Waals surface area contributed by atoms with Gasteiger partial charge >= 0.3 is 6.03 Å². The third kappa shape index (κ3) is 8.04. The second-order valence-corrected chi connectivity index (χ2v) is 12.8. The number of benzene rings is 3. The van der Waals surface area contributed by atoms with Gasteiger partial charge in [0.2, 0.25) is 5.88 Å². The Bertz CT molecular complexity index is 2170. The SMILES string of the molecule is CCCNC(=O)Nc1ccc(-c2c3nc4c(cnn4c2N(Cc2ccccc2)Cc2ccccc2)C(=O)NC[C@H](C)Oc2ncc(F)cc2CN3)cc1. The molecule has 53 heavy (non-hydrogen) atoms. The molecule has 1 atom stereocenters. The maximum Gasteiger partial charge on any atom is 0.319 e. The first-order valence-electron chi connectivity index (χ1n) is 17.6. The number of aromatic nitrogens is 4. The van der Waals surface area contributed by atoms with Crippen LogP contribution < -0.4 is 30.9 Å². The van der Waals surface area contributed by atoms with E-state index in [0.29, 0.717) is 53.7 Å². The molecule has 1 aliphatic rings. The first-order valence-corrected chi connectivity index (χ1v) is 17.6. The summed E-state index contributed by atoms with van der Waals surface area (Å²) in [6.07, 6.45) is 2.99. The minimum atomic E-state index is -0.509. The molecule has 0 saturated heterocycles. The molecule has 6 aromatic rings. The highest BCUT2D eigenvalue weighted by Gasteiger charge is 2.28. The van der Waals surface area contributed by atoms with E-state index in [1.807, 2.05) is 67.6 Å². The lowest BCUT2D eigenvalue weighted by atomic mass is 10.0. The van der Waals surface area contributed by atoms with Gasteiger partial charge in [0.1, 0.15) is 29.1 Å². The maximum absolute atomic E-state index is 14.6. The van der Waals surface area contributed by atoms with Gasteiger partial charge in [0, 0.05) is 37.4 Å². The van der Waals surface area contributed by atoms with E-state index in [1.54, 1.807) is 11.4 Å². The molecule has 0 spiro atoms. The van der Waals surface area contributed by atoms with E-state index in [1.165, 1.54) is 12.3 Å². The molecule has 12 nitrogen and oxygen atoms in total. The number of rotatable bonds is 9. The van der Waals surface area contributed by atoms with Crippen molar-refractivity contribution in [2.75, 3.05) is 28.6 Å². The van der Waals surface area contributed by atoms with Gasteiger partial charge < -0.3 is 30.9 Å². The van der Waals surface area contributed by atoms with E-state index in [9.17, 15) is 14.0 Å². The van der Waals surface area contributed by atoms with E-state index in [4.69, 9.17) is 14.8 Å². The Hall–Kier alpha value is -6.50. The largest absolute Gasteiger partial charge is 0.473 e. The molecule has 3 amide bonds. The van der Waals surface area contributed by atoms with Crippen LogP contribution in [0.4, 0.5) is 26.5 Å². The molecule has 270 valence electrons. The lowest BCUT2D eigenvalue weighted by Crippen LogP contribution is -2.34. The van der Waals surface area contributed by atoms with Crippen LogP contribution in [-0.2, 0) is 19.6 Å². The number of pyridine rings is 1. The number of urea groups is 1. The van der Waals surface area contributed by atoms with Crippen molar-refractivity contribution in [3.8, 4) is 17.0 Å². The van der Waals surface area contributed by atoms with Gasteiger partial charge in [0.25, 0.3) is 5.91 Å². The molecule has 7 rings (SSSR count). The van der Waals surface area contributed by atoms with Gasteiger partial charge in [-0.15, -0.1) is 0 Å². The molecule has 4 heterocycles. The number of ether oxygens (including phenoxy) is 1. The maximum atomic E-state index is 14.6. The molecule has 3 aromatic carbocycles. The molecule has 0 aliphatic carbocycles. The number of amides is 3. The van der Waals surface area contributed by atoms with Crippen LogP contribution >= 0.6 is 0 Å². The normalized spacial score (nSPS) is 14.1. The third-order valence-corrected chi connectivity index (χ3v) is 8.77. The number of carbonyl (C=O) groups is 2. The zero-order chi connectivity index (χ0) is 36.7. The number of halogens is 1. The summed E-state index contributed by atoms with van der Waals surface area (Å²) in [4.78, 5) is 37.7. The second-order valence-electron chi connectivity index (χ2n) is 12.8. The molecule has 0 radical (unpaired) electrons. The van der Waals surface area contributed by atoms with Crippen molar-refractivity contribution in [3.63, 3.8) is 0 Å². The summed E-state index contributed by atoms with van der Waals surface area (Å²) in [5.74, 6) is 0.468. The molecule has 2 bridgehead atoms. The van der Waals surface area contributed by atoms with Gasteiger partial charge in [0.05, 0.1) is 24.5 Å². The van der Waals surface area contributed by atoms with E-state index in [2.05, 4.69) is 55.4 Å². The van der Waals surface area contributed by atoms with E-state index < -0.39 is 11.9 Å². The monoisotopic (exact) mass is 713 g/mol. The number of hydrogen-bond acceptors (Lipinski definition) is 8. The van der Waals surface area contributed by atoms with Gasteiger partial charge in [-0.1, -0.05) is 79.7 Å². The van der Waals surface area contributed by atoms with Gasteiger partial charge in [-0.05, 0) is 48.2 Å². The van der Waals surface area contributed by atoms with Crippen molar-refractivity contribution in [2.45, 2.75) is 46.0 Å². The average molecular weight is 714 g/mol. The van der Waals surface area contributed by atoms with Crippen molar-refractivity contribution >= 4 is 34.9 Å². The molecule has 3 aromatic heterocycles. The quantitative estimate of drug-likeness (QED) is 0.129. The highest BCUT2D eigenvalue weighted by atomic mass is 19.1. The van der Waals surface area contributed by atoms with Crippen LogP contribution in [0.2, 0.25) is 0 Å². The minimum Gasteiger partial charge on any atom is -0.473 e. The van der Waals surface area contributed by atoms with Gasteiger partial charge in [-0.25, -0.2) is 19.2 Å². The van der Waals surface area contributed by atoms with Crippen LogP contribution in [-0.4, -0.2) is 50.7 Å². The number of carbonyl (C=O) groups excluding carboxylic acids is 2. The fraction of sp³-hybridized carbons (Fsp3) is 0.225. The first kappa shape index (κ1) is 34.9. The Morgan fingerprint density at radius 1 is 0.981 bits per heavy atom. The summed E-state index contributed by atoms with van der Waals surface area (Å²) in [5, 5.41) is 16.9. The summed E-state index contributed by atoms with van der Waals surface area (Å²) in [6, 6.07) is 28.8. The predicted octanol–water partition coefficient (Wildman–Crippen LogP) is 6.79. The Balaban J connectivity index is 1.45. The fourth-order valence-electron chi connectivity index (χ4n) is 6.22. The third-order valence-electron chi connectivity index (χ3n) is 8.77. The molecular formula is C40H40FN9O3. The number of hydrogen-bond donors (Lipinski definition) is 4. The topological polar surface area (TPSA) is 138 Å². The number of nitrogens with zero attached hydrogens (tertiary/aromatic N) is 5. The Kier molecular flexibility index (Phi) is 10.4. The zero-order valence-electron chi connectivity index (χ0n) is 29.5. The number of fused-ring (bicyclic) bond motifs is 2. The Morgan fingerprint density at radius 3 is 2.36 bits per heavy atom. The summed E-state index contributed by atoms with van der Waals surface area (Å²) in [7, 11) is 0. The van der Waals surface area contributed by atoms with Gasteiger partial charge in [-0.3, -0.25) is 4.79 Å². The molecule has 1 aliphatic heterocycles.